The molecule has 0 unspecified atom stereocenters. The first-order valence-corrected chi connectivity index (χ1v) is 4.97. The van der Waals surface area contributed by atoms with Crippen molar-refractivity contribution in [2.24, 2.45) is 0 Å². The number of nitrogens with zero attached hydrogens (tertiary/aromatic N) is 5. The number of hydrogen-bond donors (Lipinski definition) is 0. The van der Waals surface area contributed by atoms with Crippen molar-refractivity contribution in [1.29, 1.82) is 0 Å². The van der Waals surface area contributed by atoms with Gasteiger partial charge in [-0.1, -0.05) is 0 Å². The molecule has 3 aromatic heterocycles. The molecule has 0 N–H and O–H groups in total. The van der Waals surface area contributed by atoms with E-state index in [9.17, 15) is 13.2 Å². The predicted octanol–water partition coefficient (Wildman–Crippen LogP) is 2.09. The average molecular weight is 253 g/mol. The van der Waals surface area contributed by atoms with Crippen LogP contribution in [0.4, 0.5) is 13.2 Å². The molecular formula is C10H6F3N5. The van der Waals surface area contributed by atoms with Crippen molar-refractivity contribution in [3.8, 4) is 5.69 Å². The molecule has 92 valence electrons. The fourth-order valence-corrected chi connectivity index (χ4v) is 1.56. The van der Waals surface area contributed by atoms with Gasteiger partial charge in [-0.2, -0.15) is 14.9 Å². The van der Waals surface area contributed by atoms with Crippen LogP contribution in [0, 0.1) is 0 Å². The van der Waals surface area contributed by atoms with Gasteiger partial charge in [0.2, 0.25) is 0 Å². The molecule has 0 aliphatic heterocycles. The largest absolute Gasteiger partial charge is 0.504 e. The Bertz CT molecular complexity index is 664. The van der Waals surface area contributed by atoms with Crippen LogP contribution >= 0.6 is 0 Å². The van der Waals surface area contributed by atoms with Crippen LogP contribution in [0.15, 0.2) is 36.9 Å². The molecule has 0 radical (unpaired) electrons. The number of fused-ring (bicyclic) bond motifs is 1. The van der Waals surface area contributed by atoms with E-state index in [-0.39, 0.29) is 10.4 Å². The molecule has 18 heavy (non-hydrogen) atoms. The van der Waals surface area contributed by atoms with Crippen molar-refractivity contribution >= 4 is 11.0 Å². The van der Waals surface area contributed by atoms with Gasteiger partial charge in [-0.15, -0.1) is 13.2 Å². The topological polar surface area (TPSA) is 48.5 Å². The van der Waals surface area contributed by atoms with Crippen molar-refractivity contribution in [2.45, 2.75) is 6.30 Å². The van der Waals surface area contributed by atoms with E-state index in [0.29, 0.717) is 11.0 Å². The van der Waals surface area contributed by atoms with Crippen molar-refractivity contribution in [1.82, 2.24) is 24.5 Å². The maximum absolute atomic E-state index is 12.4. The maximum Gasteiger partial charge on any atom is 0.504 e. The first kappa shape index (κ1) is 10.8. The lowest BCUT2D eigenvalue weighted by Gasteiger charge is -2.03. The van der Waals surface area contributed by atoms with Gasteiger partial charge in [-0.3, -0.25) is 4.98 Å². The Morgan fingerprint density at radius 1 is 1.11 bits per heavy atom. The average Bonchev–Trinajstić information content (AvgIpc) is 2.94. The van der Waals surface area contributed by atoms with Gasteiger partial charge in [0.1, 0.15) is 16.7 Å². The molecule has 3 aromatic rings. The molecule has 0 saturated heterocycles. The minimum atomic E-state index is -4.52. The molecule has 0 aliphatic carbocycles. The summed E-state index contributed by atoms with van der Waals surface area (Å²) in [5.74, 6) is 0. The number of halogens is 3. The van der Waals surface area contributed by atoms with Crippen LogP contribution in [-0.2, 0) is 6.30 Å². The van der Waals surface area contributed by atoms with Gasteiger partial charge < -0.3 is 0 Å². The SMILES string of the molecule is FC(F)(F)n1cc(-n2cc3ncccc3n2)cn1. The number of pyridine rings is 1. The summed E-state index contributed by atoms with van der Waals surface area (Å²) in [5.41, 5.74) is 1.44. The second-order valence-electron chi connectivity index (χ2n) is 3.59. The first-order chi connectivity index (χ1) is 8.54. The summed E-state index contributed by atoms with van der Waals surface area (Å²) in [7, 11) is 0. The summed E-state index contributed by atoms with van der Waals surface area (Å²) in [6, 6.07) is 3.44. The van der Waals surface area contributed by atoms with Gasteiger partial charge in [0.05, 0.1) is 18.6 Å². The summed E-state index contributed by atoms with van der Waals surface area (Å²) >= 11 is 0. The van der Waals surface area contributed by atoms with Gasteiger partial charge in [0, 0.05) is 6.20 Å². The third-order valence-electron chi connectivity index (χ3n) is 2.37. The van der Waals surface area contributed by atoms with E-state index in [0.717, 1.165) is 12.4 Å². The Labute approximate surface area is 98.5 Å². The van der Waals surface area contributed by atoms with E-state index in [1.54, 1.807) is 24.5 Å². The van der Waals surface area contributed by atoms with Crippen molar-refractivity contribution < 1.29 is 13.2 Å². The molecule has 0 aliphatic rings. The Morgan fingerprint density at radius 2 is 1.94 bits per heavy atom. The van der Waals surface area contributed by atoms with Crippen molar-refractivity contribution in [2.75, 3.05) is 0 Å². The Kier molecular flexibility index (Phi) is 2.12. The highest BCUT2D eigenvalue weighted by atomic mass is 19.4. The lowest BCUT2D eigenvalue weighted by molar-refractivity contribution is -0.212. The Balaban J connectivity index is 2.06. The molecule has 0 amide bonds. The minimum absolute atomic E-state index is 0.0674. The number of hydrogen-bond acceptors (Lipinski definition) is 3. The Hall–Kier alpha value is -2.38. The van der Waals surface area contributed by atoms with Crippen LogP contribution in [0.3, 0.4) is 0 Å². The van der Waals surface area contributed by atoms with Crippen LogP contribution in [0.1, 0.15) is 0 Å². The number of aromatic nitrogens is 5. The van der Waals surface area contributed by atoms with Crippen LogP contribution in [0.2, 0.25) is 0 Å². The summed E-state index contributed by atoms with van der Waals surface area (Å²) in [6.07, 6.45) is 0.578. The fraction of sp³-hybridized carbons (Fsp3) is 0.100. The molecule has 5 nitrogen and oxygen atoms in total. The molecule has 0 aromatic carbocycles. The zero-order valence-corrected chi connectivity index (χ0v) is 8.83. The second kappa shape index (κ2) is 3.56. The molecule has 0 spiro atoms. The molecule has 0 bridgehead atoms. The van der Waals surface area contributed by atoms with E-state index >= 15 is 0 Å². The smallest absolute Gasteiger partial charge is 0.253 e. The van der Waals surface area contributed by atoms with E-state index < -0.39 is 6.30 Å². The number of rotatable bonds is 1. The zero-order valence-electron chi connectivity index (χ0n) is 8.83. The van der Waals surface area contributed by atoms with E-state index in [1.165, 1.54) is 4.68 Å². The molecule has 0 atom stereocenters. The second-order valence-corrected chi connectivity index (χ2v) is 3.59. The standard InChI is InChI=1S/C10H6F3N5/c11-10(12,13)18-5-7(4-15-18)17-6-9-8(16-17)2-1-3-14-9/h1-6H. The minimum Gasteiger partial charge on any atom is -0.253 e. The van der Waals surface area contributed by atoms with Gasteiger partial charge in [0.15, 0.2) is 0 Å². The molecule has 0 fully saturated rings. The third-order valence-corrected chi connectivity index (χ3v) is 2.37. The normalized spacial score (nSPS) is 12.2. The molecule has 8 heteroatoms. The van der Waals surface area contributed by atoms with E-state index in [2.05, 4.69) is 15.2 Å². The highest BCUT2D eigenvalue weighted by Gasteiger charge is 2.31. The highest BCUT2D eigenvalue weighted by Crippen LogP contribution is 2.22. The summed E-state index contributed by atoms with van der Waals surface area (Å²) in [6.45, 7) is 0. The molecule has 3 rings (SSSR count). The first-order valence-electron chi connectivity index (χ1n) is 4.97. The van der Waals surface area contributed by atoms with Crippen molar-refractivity contribution in [3.05, 3.63) is 36.9 Å². The number of alkyl halides is 3. The predicted molar refractivity (Wildman–Crippen MR) is 55.9 cm³/mol. The quantitative estimate of drug-likeness (QED) is 0.667. The third kappa shape index (κ3) is 1.71. The van der Waals surface area contributed by atoms with E-state index in [1.807, 2.05) is 0 Å². The lowest BCUT2D eigenvalue weighted by atomic mass is 10.4. The van der Waals surface area contributed by atoms with Crippen LogP contribution < -0.4 is 0 Å². The van der Waals surface area contributed by atoms with Crippen molar-refractivity contribution in [3.63, 3.8) is 0 Å². The highest BCUT2D eigenvalue weighted by molar-refractivity contribution is 5.73. The molecule has 0 saturated carbocycles. The zero-order chi connectivity index (χ0) is 12.8. The van der Waals surface area contributed by atoms with Gasteiger partial charge in [0.25, 0.3) is 0 Å². The maximum atomic E-state index is 12.4. The summed E-state index contributed by atoms with van der Waals surface area (Å²) < 4.78 is 38.4. The van der Waals surface area contributed by atoms with E-state index in [4.69, 9.17) is 0 Å². The monoisotopic (exact) mass is 253 g/mol. The van der Waals surface area contributed by atoms with Gasteiger partial charge >= 0.3 is 6.30 Å². The van der Waals surface area contributed by atoms with Crippen LogP contribution in [0.5, 0.6) is 0 Å². The summed E-state index contributed by atoms with van der Waals surface area (Å²) in [5, 5.41) is 7.36. The molecule has 3 heterocycles. The fourth-order valence-electron chi connectivity index (χ4n) is 1.56. The lowest BCUT2D eigenvalue weighted by Crippen LogP contribution is -2.16. The summed E-state index contributed by atoms with van der Waals surface area (Å²) in [4.78, 5) is 4.05. The Morgan fingerprint density at radius 3 is 2.61 bits per heavy atom. The van der Waals surface area contributed by atoms with Crippen LogP contribution in [0.25, 0.3) is 16.7 Å². The van der Waals surface area contributed by atoms with Gasteiger partial charge in [-0.25, -0.2) is 4.68 Å². The van der Waals surface area contributed by atoms with Gasteiger partial charge in [-0.05, 0) is 12.1 Å². The molecular weight excluding hydrogens is 247 g/mol. The van der Waals surface area contributed by atoms with Crippen LogP contribution in [-0.4, -0.2) is 24.5 Å².